The highest BCUT2D eigenvalue weighted by Crippen LogP contribution is 2.19. The molecule has 0 aliphatic carbocycles. The molecule has 1 heterocycles. The van der Waals surface area contributed by atoms with Gasteiger partial charge in [0.15, 0.2) is 0 Å². The second-order valence-corrected chi connectivity index (χ2v) is 3.18. The molecule has 14 heavy (non-hydrogen) atoms. The molecule has 3 nitrogen and oxygen atoms in total. The molecule has 0 amide bonds. The van der Waals surface area contributed by atoms with Crippen molar-refractivity contribution in [2.75, 3.05) is 12.8 Å². The molecule has 2 aromatic rings. The number of hydrogen-bond acceptors (Lipinski definition) is 3. The molecule has 0 fully saturated rings. The van der Waals surface area contributed by atoms with Crippen LogP contribution >= 0.6 is 0 Å². The first-order chi connectivity index (χ1) is 6.81. The van der Waals surface area contributed by atoms with Gasteiger partial charge in [0.1, 0.15) is 0 Å². The summed E-state index contributed by atoms with van der Waals surface area (Å²) in [6, 6.07) is 7.69. The summed E-state index contributed by atoms with van der Waals surface area (Å²) in [7, 11) is 1.68. The summed E-state index contributed by atoms with van der Waals surface area (Å²) in [4.78, 5) is 4.25. The summed E-state index contributed by atoms with van der Waals surface area (Å²) in [6.07, 6.45) is 1.77. The van der Waals surface area contributed by atoms with Gasteiger partial charge in [-0.1, -0.05) is 6.07 Å². The van der Waals surface area contributed by atoms with E-state index < -0.39 is 0 Å². The Balaban J connectivity index is 2.62. The first-order valence-corrected chi connectivity index (χ1v) is 4.43. The SMILES string of the molecule is COCc1ccnc2cc(N)ccc12. The van der Waals surface area contributed by atoms with Crippen LogP contribution in [0, 0.1) is 0 Å². The van der Waals surface area contributed by atoms with Crippen LogP contribution in [0.4, 0.5) is 5.69 Å². The van der Waals surface area contributed by atoms with Crippen molar-refractivity contribution in [2.45, 2.75) is 6.61 Å². The fourth-order valence-electron chi connectivity index (χ4n) is 1.51. The smallest absolute Gasteiger partial charge is 0.0726 e. The largest absolute Gasteiger partial charge is 0.399 e. The highest BCUT2D eigenvalue weighted by molar-refractivity contribution is 5.84. The van der Waals surface area contributed by atoms with Crippen LogP contribution in [-0.4, -0.2) is 12.1 Å². The zero-order valence-corrected chi connectivity index (χ0v) is 8.03. The van der Waals surface area contributed by atoms with Gasteiger partial charge in [-0.2, -0.15) is 0 Å². The number of nitrogen functional groups attached to an aromatic ring is 1. The van der Waals surface area contributed by atoms with Crippen LogP contribution < -0.4 is 5.73 Å². The maximum Gasteiger partial charge on any atom is 0.0726 e. The second kappa shape index (κ2) is 3.64. The van der Waals surface area contributed by atoms with Gasteiger partial charge in [0, 0.05) is 24.4 Å². The first-order valence-electron chi connectivity index (χ1n) is 4.43. The molecule has 2 rings (SSSR count). The van der Waals surface area contributed by atoms with E-state index in [4.69, 9.17) is 10.5 Å². The molecule has 0 radical (unpaired) electrons. The Kier molecular flexibility index (Phi) is 2.33. The fraction of sp³-hybridized carbons (Fsp3) is 0.182. The maximum absolute atomic E-state index is 5.68. The zero-order valence-electron chi connectivity index (χ0n) is 8.03. The van der Waals surface area contributed by atoms with Crippen molar-refractivity contribution in [1.82, 2.24) is 4.98 Å². The Labute approximate surface area is 82.5 Å². The van der Waals surface area contributed by atoms with Crippen molar-refractivity contribution in [3.8, 4) is 0 Å². The van der Waals surface area contributed by atoms with E-state index in [1.54, 1.807) is 13.3 Å². The Morgan fingerprint density at radius 2 is 2.21 bits per heavy atom. The maximum atomic E-state index is 5.68. The molecule has 0 aliphatic heterocycles. The van der Waals surface area contributed by atoms with Gasteiger partial charge in [-0.3, -0.25) is 4.98 Å². The molecule has 72 valence electrons. The van der Waals surface area contributed by atoms with Gasteiger partial charge in [-0.25, -0.2) is 0 Å². The molecule has 0 saturated carbocycles. The van der Waals surface area contributed by atoms with Crippen molar-refractivity contribution in [3.63, 3.8) is 0 Å². The lowest BCUT2D eigenvalue weighted by Crippen LogP contribution is -1.92. The van der Waals surface area contributed by atoms with E-state index in [9.17, 15) is 0 Å². The Morgan fingerprint density at radius 3 is 3.00 bits per heavy atom. The minimum absolute atomic E-state index is 0.600. The van der Waals surface area contributed by atoms with E-state index in [0.29, 0.717) is 6.61 Å². The summed E-state index contributed by atoms with van der Waals surface area (Å²) >= 11 is 0. The second-order valence-electron chi connectivity index (χ2n) is 3.18. The average molecular weight is 188 g/mol. The number of ether oxygens (including phenoxy) is 1. The van der Waals surface area contributed by atoms with Gasteiger partial charge in [-0.05, 0) is 23.8 Å². The average Bonchev–Trinajstić information content (AvgIpc) is 2.18. The third-order valence-electron chi connectivity index (χ3n) is 2.16. The number of methoxy groups -OCH3 is 1. The van der Waals surface area contributed by atoms with Crippen LogP contribution in [0.1, 0.15) is 5.56 Å². The lowest BCUT2D eigenvalue weighted by atomic mass is 10.1. The molecular weight excluding hydrogens is 176 g/mol. The minimum Gasteiger partial charge on any atom is -0.399 e. The quantitative estimate of drug-likeness (QED) is 0.733. The van der Waals surface area contributed by atoms with E-state index in [0.717, 1.165) is 22.2 Å². The van der Waals surface area contributed by atoms with Crippen molar-refractivity contribution < 1.29 is 4.74 Å². The third-order valence-corrected chi connectivity index (χ3v) is 2.16. The van der Waals surface area contributed by atoms with Crippen molar-refractivity contribution in [2.24, 2.45) is 0 Å². The molecule has 3 heteroatoms. The number of nitrogens with two attached hydrogens (primary N) is 1. The zero-order chi connectivity index (χ0) is 9.97. The van der Waals surface area contributed by atoms with Gasteiger partial charge in [0.25, 0.3) is 0 Å². The molecule has 0 aliphatic rings. The van der Waals surface area contributed by atoms with Crippen LogP contribution in [-0.2, 0) is 11.3 Å². The lowest BCUT2D eigenvalue weighted by Gasteiger charge is -2.04. The summed E-state index contributed by atoms with van der Waals surface area (Å²) < 4.78 is 5.11. The molecule has 0 saturated heterocycles. The molecule has 1 aromatic carbocycles. The molecular formula is C11H12N2O. The molecule has 0 atom stereocenters. The van der Waals surface area contributed by atoms with E-state index in [-0.39, 0.29) is 0 Å². The number of pyridine rings is 1. The summed E-state index contributed by atoms with van der Waals surface area (Å²) in [6.45, 7) is 0.600. The van der Waals surface area contributed by atoms with E-state index in [2.05, 4.69) is 4.98 Å². The Bertz CT molecular complexity index is 454. The molecule has 0 spiro atoms. The number of hydrogen-bond donors (Lipinski definition) is 1. The van der Waals surface area contributed by atoms with Crippen molar-refractivity contribution in [1.29, 1.82) is 0 Å². The third kappa shape index (κ3) is 1.54. The van der Waals surface area contributed by atoms with Crippen molar-refractivity contribution in [3.05, 3.63) is 36.0 Å². The molecule has 0 bridgehead atoms. The highest BCUT2D eigenvalue weighted by Gasteiger charge is 2.01. The van der Waals surface area contributed by atoms with Gasteiger partial charge in [-0.15, -0.1) is 0 Å². The Hall–Kier alpha value is -1.61. The van der Waals surface area contributed by atoms with Gasteiger partial charge in [0.2, 0.25) is 0 Å². The van der Waals surface area contributed by atoms with Crippen LogP contribution in [0.25, 0.3) is 10.9 Å². The standard InChI is InChI=1S/C11H12N2O/c1-14-7-8-4-5-13-11-6-9(12)2-3-10(8)11/h2-6H,7,12H2,1H3. The Morgan fingerprint density at radius 1 is 1.36 bits per heavy atom. The summed E-state index contributed by atoms with van der Waals surface area (Å²) in [5, 5.41) is 1.10. The molecule has 1 aromatic heterocycles. The van der Waals surface area contributed by atoms with Gasteiger partial charge >= 0.3 is 0 Å². The predicted octanol–water partition coefficient (Wildman–Crippen LogP) is 1.96. The normalized spacial score (nSPS) is 10.6. The predicted molar refractivity (Wildman–Crippen MR) is 56.9 cm³/mol. The van der Waals surface area contributed by atoms with E-state index in [1.807, 2.05) is 24.3 Å². The molecule has 2 N–H and O–H groups in total. The lowest BCUT2D eigenvalue weighted by molar-refractivity contribution is 0.186. The van der Waals surface area contributed by atoms with Crippen LogP contribution in [0.15, 0.2) is 30.5 Å². The summed E-state index contributed by atoms with van der Waals surface area (Å²) in [5.74, 6) is 0. The van der Waals surface area contributed by atoms with Gasteiger partial charge in [0.05, 0.1) is 12.1 Å². The number of rotatable bonds is 2. The van der Waals surface area contributed by atoms with Crippen LogP contribution in [0.2, 0.25) is 0 Å². The van der Waals surface area contributed by atoms with E-state index >= 15 is 0 Å². The van der Waals surface area contributed by atoms with Crippen molar-refractivity contribution >= 4 is 16.6 Å². The molecule has 0 unspecified atom stereocenters. The first kappa shape index (κ1) is 8.97. The number of fused-ring (bicyclic) bond motifs is 1. The number of aromatic nitrogens is 1. The van der Waals surface area contributed by atoms with E-state index in [1.165, 1.54) is 0 Å². The number of anilines is 1. The number of nitrogens with zero attached hydrogens (tertiary/aromatic N) is 1. The highest BCUT2D eigenvalue weighted by atomic mass is 16.5. The number of benzene rings is 1. The van der Waals surface area contributed by atoms with Crippen LogP contribution in [0.3, 0.4) is 0 Å². The fourth-order valence-corrected chi connectivity index (χ4v) is 1.51. The topological polar surface area (TPSA) is 48.1 Å². The minimum atomic E-state index is 0.600. The van der Waals surface area contributed by atoms with Gasteiger partial charge < -0.3 is 10.5 Å². The van der Waals surface area contributed by atoms with Crippen LogP contribution in [0.5, 0.6) is 0 Å². The summed E-state index contributed by atoms with van der Waals surface area (Å²) in [5.41, 5.74) is 8.47. The monoisotopic (exact) mass is 188 g/mol.